The van der Waals surface area contributed by atoms with Gasteiger partial charge in [-0.3, -0.25) is 5.41 Å². The molecule has 0 aromatic carbocycles. The largest absolute Gasteiger partial charge is 0.383 e. The van der Waals surface area contributed by atoms with E-state index in [4.69, 9.17) is 15.9 Å². The van der Waals surface area contributed by atoms with Crippen LogP contribution in [0.2, 0.25) is 0 Å². The van der Waals surface area contributed by atoms with E-state index < -0.39 is 0 Å². The number of thiazole rings is 1. The zero-order chi connectivity index (χ0) is 12.6. The summed E-state index contributed by atoms with van der Waals surface area (Å²) < 4.78 is 5.64. The van der Waals surface area contributed by atoms with Crippen LogP contribution in [-0.2, 0) is 10.2 Å². The third-order valence-electron chi connectivity index (χ3n) is 2.80. The Balaban J connectivity index is 2.40. The van der Waals surface area contributed by atoms with E-state index in [1.165, 1.54) is 11.3 Å². The van der Waals surface area contributed by atoms with Crippen LogP contribution in [0, 0.1) is 5.41 Å². The van der Waals surface area contributed by atoms with Crippen LogP contribution in [0.1, 0.15) is 55.3 Å². The molecule has 1 aromatic rings. The van der Waals surface area contributed by atoms with E-state index >= 15 is 0 Å². The molecule has 5 heteroatoms. The monoisotopic (exact) mass is 253 g/mol. The maximum atomic E-state index is 7.65. The summed E-state index contributed by atoms with van der Waals surface area (Å²) in [5, 5.41) is 8.62. The minimum absolute atomic E-state index is 0.0889. The third kappa shape index (κ3) is 2.50. The highest BCUT2D eigenvalue weighted by molar-refractivity contribution is 7.14. The van der Waals surface area contributed by atoms with Crippen molar-refractivity contribution in [1.82, 2.24) is 4.98 Å². The van der Waals surface area contributed by atoms with Gasteiger partial charge in [0, 0.05) is 12.0 Å². The van der Waals surface area contributed by atoms with E-state index in [-0.39, 0.29) is 17.4 Å². The molecule has 1 aliphatic rings. The first-order valence-corrected chi connectivity index (χ1v) is 6.68. The van der Waals surface area contributed by atoms with Gasteiger partial charge in [0.2, 0.25) is 0 Å². The van der Waals surface area contributed by atoms with Gasteiger partial charge in [0.1, 0.15) is 16.9 Å². The van der Waals surface area contributed by atoms with E-state index in [0.717, 1.165) is 35.0 Å². The van der Waals surface area contributed by atoms with Crippen molar-refractivity contribution in [3.63, 3.8) is 0 Å². The minimum atomic E-state index is -0.0889. The molecule has 17 heavy (non-hydrogen) atoms. The molecular weight excluding hydrogens is 234 g/mol. The molecule has 4 nitrogen and oxygen atoms in total. The van der Waals surface area contributed by atoms with Gasteiger partial charge in [0.05, 0.1) is 10.6 Å². The number of nitrogens with zero attached hydrogens (tertiary/aromatic N) is 1. The molecule has 1 aliphatic heterocycles. The third-order valence-corrected chi connectivity index (χ3v) is 3.98. The molecular formula is C12H19N3OS. The quantitative estimate of drug-likeness (QED) is 0.628. The summed E-state index contributed by atoms with van der Waals surface area (Å²) >= 11 is 1.51. The van der Waals surface area contributed by atoms with Gasteiger partial charge in [-0.15, -0.1) is 11.3 Å². The number of nitrogens with one attached hydrogen (secondary N) is 1. The van der Waals surface area contributed by atoms with E-state index in [1.54, 1.807) is 0 Å². The molecule has 0 spiro atoms. The summed E-state index contributed by atoms with van der Waals surface area (Å²) in [5.74, 6) is 0.108. The van der Waals surface area contributed by atoms with Crippen molar-refractivity contribution < 1.29 is 4.74 Å². The molecule has 1 fully saturated rings. The van der Waals surface area contributed by atoms with Crippen LogP contribution in [0.25, 0.3) is 0 Å². The van der Waals surface area contributed by atoms with Crippen molar-refractivity contribution in [3.05, 3.63) is 15.6 Å². The molecule has 94 valence electrons. The number of amidine groups is 1. The molecule has 2 heterocycles. The second-order valence-electron chi connectivity index (χ2n) is 5.40. The maximum absolute atomic E-state index is 7.65. The topological polar surface area (TPSA) is 72.0 Å². The van der Waals surface area contributed by atoms with Gasteiger partial charge in [0.15, 0.2) is 0 Å². The lowest BCUT2D eigenvalue weighted by Crippen LogP contribution is -2.19. The van der Waals surface area contributed by atoms with Crippen LogP contribution in [0.5, 0.6) is 0 Å². The Kier molecular flexibility index (Phi) is 3.23. The van der Waals surface area contributed by atoms with Crippen LogP contribution in [-0.4, -0.2) is 17.4 Å². The fourth-order valence-electron chi connectivity index (χ4n) is 1.94. The van der Waals surface area contributed by atoms with Gasteiger partial charge in [-0.2, -0.15) is 0 Å². The second-order valence-corrected chi connectivity index (χ2v) is 6.43. The number of ether oxygens (including phenoxy) is 1. The number of hydrogen-bond donors (Lipinski definition) is 2. The van der Waals surface area contributed by atoms with Gasteiger partial charge in [-0.1, -0.05) is 20.8 Å². The normalized spacial score (nSPS) is 20.8. The molecule has 1 saturated heterocycles. The average molecular weight is 253 g/mol. The van der Waals surface area contributed by atoms with Crippen molar-refractivity contribution in [1.29, 1.82) is 5.41 Å². The van der Waals surface area contributed by atoms with Crippen molar-refractivity contribution in [2.75, 3.05) is 6.61 Å². The lowest BCUT2D eigenvalue weighted by molar-refractivity contribution is 0.111. The Bertz CT molecular complexity index is 427. The van der Waals surface area contributed by atoms with Gasteiger partial charge >= 0.3 is 0 Å². The lowest BCUT2D eigenvalue weighted by Gasteiger charge is -2.17. The predicted octanol–water partition coefficient (Wildman–Crippen LogP) is 2.58. The molecule has 0 radical (unpaired) electrons. The Morgan fingerprint density at radius 1 is 1.53 bits per heavy atom. The van der Waals surface area contributed by atoms with Gasteiger partial charge < -0.3 is 10.5 Å². The van der Waals surface area contributed by atoms with E-state index in [0.29, 0.717) is 0 Å². The number of rotatable bonds is 2. The first-order chi connectivity index (χ1) is 7.89. The predicted molar refractivity (Wildman–Crippen MR) is 69.8 cm³/mol. The fourth-order valence-corrected chi connectivity index (χ4v) is 3.16. The van der Waals surface area contributed by atoms with Crippen LogP contribution < -0.4 is 5.73 Å². The zero-order valence-electron chi connectivity index (χ0n) is 10.5. The van der Waals surface area contributed by atoms with Crippen LogP contribution >= 0.6 is 11.3 Å². The number of aromatic nitrogens is 1. The average Bonchev–Trinajstić information content (AvgIpc) is 2.85. The second kappa shape index (κ2) is 4.38. The summed E-state index contributed by atoms with van der Waals surface area (Å²) in [5.41, 5.74) is 6.46. The Labute approximate surface area is 106 Å². The summed E-state index contributed by atoms with van der Waals surface area (Å²) in [4.78, 5) is 5.45. The van der Waals surface area contributed by atoms with Crippen molar-refractivity contribution in [2.24, 2.45) is 5.73 Å². The van der Waals surface area contributed by atoms with Crippen molar-refractivity contribution in [2.45, 2.75) is 45.1 Å². The van der Waals surface area contributed by atoms with Crippen LogP contribution in [0.15, 0.2) is 0 Å². The standard InChI is InChI=1S/C12H19N3OS/c1-12(2,3)9-8(10(13)14)17-11(15-9)7-5-4-6-16-7/h7H,4-6H2,1-3H3,(H3,13,14). The Morgan fingerprint density at radius 3 is 2.65 bits per heavy atom. The SMILES string of the molecule is CC(C)(C)c1nc(C2CCCO2)sc1C(=N)N. The molecule has 2 rings (SSSR count). The molecule has 0 aliphatic carbocycles. The first-order valence-electron chi connectivity index (χ1n) is 5.87. The van der Waals surface area contributed by atoms with Crippen molar-refractivity contribution >= 4 is 17.2 Å². The zero-order valence-corrected chi connectivity index (χ0v) is 11.4. The minimum Gasteiger partial charge on any atom is -0.383 e. The lowest BCUT2D eigenvalue weighted by atomic mass is 9.91. The maximum Gasteiger partial charge on any atom is 0.135 e. The van der Waals surface area contributed by atoms with Crippen LogP contribution in [0.4, 0.5) is 0 Å². The summed E-state index contributed by atoms with van der Waals surface area (Å²) in [6, 6.07) is 0. The summed E-state index contributed by atoms with van der Waals surface area (Å²) in [7, 11) is 0. The number of nitrogens with two attached hydrogens (primary N) is 1. The smallest absolute Gasteiger partial charge is 0.135 e. The molecule has 0 bridgehead atoms. The number of nitrogen functional groups attached to an aromatic ring is 1. The number of hydrogen-bond acceptors (Lipinski definition) is 4. The highest BCUT2D eigenvalue weighted by Gasteiger charge is 2.28. The Morgan fingerprint density at radius 2 is 2.24 bits per heavy atom. The molecule has 1 atom stereocenters. The molecule has 0 amide bonds. The van der Waals surface area contributed by atoms with Gasteiger partial charge in [-0.05, 0) is 12.8 Å². The van der Waals surface area contributed by atoms with E-state index in [1.807, 2.05) is 0 Å². The molecule has 1 unspecified atom stereocenters. The van der Waals surface area contributed by atoms with Gasteiger partial charge in [-0.25, -0.2) is 4.98 Å². The highest BCUT2D eigenvalue weighted by atomic mass is 32.1. The Hall–Kier alpha value is -0.940. The summed E-state index contributed by atoms with van der Waals surface area (Å²) in [6.45, 7) is 7.08. The van der Waals surface area contributed by atoms with E-state index in [2.05, 4.69) is 25.8 Å². The van der Waals surface area contributed by atoms with E-state index in [9.17, 15) is 0 Å². The van der Waals surface area contributed by atoms with Crippen LogP contribution in [0.3, 0.4) is 0 Å². The first kappa shape index (κ1) is 12.5. The van der Waals surface area contributed by atoms with Gasteiger partial charge in [0.25, 0.3) is 0 Å². The highest BCUT2D eigenvalue weighted by Crippen LogP contribution is 2.36. The molecule has 1 aromatic heterocycles. The molecule has 0 saturated carbocycles. The fraction of sp³-hybridized carbons (Fsp3) is 0.667. The molecule has 3 N–H and O–H groups in total. The van der Waals surface area contributed by atoms with Crippen molar-refractivity contribution in [3.8, 4) is 0 Å². The summed E-state index contributed by atoms with van der Waals surface area (Å²) in [6.07, 6.45) is 2.22.